The summed E-state index contributed by atoms with van der Waals surface area (Å²) in [5, 5.41) is 11.7. The SMILES string of the molecule is CCCN(Cc1nnc(-c2ccccc2Cl)o1)C(=O)Cn1ccc(C(F)(F)F)n1. The van der Waals surface area contributed by atoms with Crippen molar-refractivity contribution in [3.05, 3.63) is 53.1 Å². The minimum atomic E-state index is -4.56. The normalized spacial score (nSPS) is 11.6. The first kappa shape index (κ1) is 20.8. The molecule has 1 aromatic carbocycles. The number of hydrogen-bond acceptors (Lipinski definition) is 5. The fourth-order valence-corrected chi connectivity index (χ4v) is 2.84. The molecule has 154 valence electrons. The van der Waals surface area contributed by atoms with Crippen molar-refractivity contribution in [2.24, 2.45) is 0 Å². The maximum atomic E-state index is 12.7. The molecule has 0 aliphatic rings. The Morgan fingerprint density at radius 2 is 2.00 bits per heavy atom. The molecule has 0 fully saturated rings. The lowest BCUT2D eigenvalue weighted by molar-refractivity contribution is -0.142. The van der Waals surface area contributed by atoms with Crippen LogP contribution in [0.1, 0.15) is 24.9 Å². The van der Waals surface area contributed by atoms with E-state index in [1.54, 1.807) is 24.3 Å². The molecule has 0 saturated carbocycles. The summed E-state index contributed by atoms with van der Waals surface area (Å²) >= 11 is 6.12. The van der Waals surface area contributed by atoms with E-state index in [9.17, 15) is 18.0 Å². The van der Waals surface area contributed by atoms with Crippen molar-refractivity contribution in [3.63, 3.8) is 0 Å². The number of alkyl halides is 3. The summed E-state index contributed by atoms with van der Waals surface area (Å²) in [6.07, 6.45) is -2.80. The van der Waals surface area contributed by atoms with Crippen LogP contribution in [0.25, 0.3) is 11.5 Å². The molecule has 11 heteroatoms. The van der Waals surface area contributed by atoms with Crippen LogP contribution in [0.5, 0.6) is 0 Å². The van der Waals surface area contributed by atoms with Gasteiger partial charge in [0.15, 0.2) is 5.69 Å². The van der Waals surface area contributed by atoms with Crippen LogP contribution < -0.4 is 0 Å². The molecule has 29 heavy (non-hydrogen) atoms. The van der Waals surface area contributed by atoms with Crippen molar-refractivity contribution in [2.45, 2.75) is 32.6 Å². The summed E-state index contributed by atoms with van der Waals surface area (Å²) in [4.78, 5) is 14.0. The Balaban J connectivity index is 1.71. The van der Waals surface area contributed by atoms with Gasteiger partial charge in [0.25, 0.3) is 0 Å². The van der Waals surface area contributed by atoms with Gasteiger partial charge >= 0.3 is 6.18 Å². The lowest BCUT2D eigenvalue weighted by atomic mass is 10.2. The highest BCUT2D eigenvalue weighted by atomic mass is 35.5. The third-order valence-electron chi connectivity index (χ3n) is 3.97. The molecule has 0 saturated heterocycles. The number of carbonyl (C=O) groups excluding carboxylic acids is 1. The zero-order chi connectivity index (χ0) is 21.0. The van der Waals surface area contributed by atoms with E-state index >= 15 is 0 Å². The lowest BCUT2D eigenvalue weighted by Crippen LogP contribution is -2.34. The van der Waals surface area contributed by atoms with Crippen molar-refractivity contribution in [3.8, 4) is 11.5 Å². The van der Waals surface area contributed by atoms with Gasteiger partial charge in [0.2, 0.25) is 17.7 Å². The Kier molecular flexibility index (Phi) is 6.21. The highest BCUT2D eigenvalue weighted by Crippen LogP contribution is 2.28. The molecule has 0 aliphatic carbocycles. The highest BCUT2D eigenvalue weighted by Gasteiger charge is 2.33. The summed E-state index contributed by atoms with van der Waals surface area (Å²) in [6.45, 7) is 1.94. The van der Waals surface area contributed by atoms with Crippen LogP contribution >= 0.6 is 11.6 Å². The average molecular weight is 428 g/mol. The molecular weight excluding hydrogens is 411 g/mol. The molecule has 0 spiro atoms. The summed E-state index contributed by atoms with van der Waals surface area (Å²) in [5.41, 5.74) is -0.480. The number of aromatic nitrogens is 4. The summed E-state index contributed by atoms with van der Waals surface area (Å²) < 4.78 is 44.6. The van der Waals surface area contributed by atoms with E-state index in [1.807, 2.05) is 6.92 Å². The number of carbonyl (C=O) groups is 1. The van der Waals surface area contributed by atoms with Crippen LogP contribution in [0, 0.1) is 0 Å². The summed E-state index contributed by atoms with van der Waals surface area (Å²) in [7, 11) is 0. The number of amides is 1. The Bertz CT molecular complexity index is 986. The Hall–Kier alpha value is -2.88. The number of nitrogens with zero attached hydrogens (tertiary/aromatic N) is 5. The smallest absolute Gasteiger partial charge is 0.419 e. The molecule has 0 N–H and O–H groups in total. The van der Waals surface area contributed by atoms with Crippen molar-refractivity contribution in [2.75, 3.05) is 6.54 Å². The third kappa shape index (κ3) is 5.14. The van der Waals surface area contributed by atoms with Gasteiger partial charge in [-0.2, -0.15) is 18.3 Å². The third-order valence-corrected chi connectivity index (χ3v) is 4.30. The fraction of sp³-hybridized carbons (Fsp3) is 0.333. The van der Waals surface area contributed by atoms with E-state index in [0.29, 0.717) is 23.6 Å². The molecule has 0 atom stereocenters. The molecule has 2 aromatic heterocycles. The largest absolute Gasteiger partial charge is 0.435 e. The van der Waals surface area contributed by atoms with Crippen molar-refractivity contribution in [1.82, 2.24) is 24.9 Å². The minimum absolute atomic E-state index is 0.0253. The van der Waals surface area contributed by atoms with Crippen LogP contribution in [-0.2, 0) is 24.1 Å². The monoisotopic (exact) mass is 427 g/mol. The second-order valence-electron chi connectivity index (χ2n) is 6.19. The molecule has 1 amide bonds. The minimum Gasteiger partial charge on any atom is -0.419 e. The molecule has 0 unspecified atom stereocenters. The predicted molar refractivity (Wildman–Crippen MR) is 97.7 cm³/mol. The van der Waals surface area contributed by atoms with Crippen molar-refractivity contribution in [1.29, 1.82) is 0 Å². The van der Waals surface area contributed by atoms with Crippen LogP contribution in [-0.4, -0.2) is 37.3 Å². The molecule has 3 rings (SSSR count). The van der Waals surface area contributed by atoms with E-state index in [2.05, 4.69) is 15.3 Å². The number of benzene rings is 1. The maximum Gasteiger partial charge on any atom is 0.435 e. The maximum absolute atomic E-state index is 12.7. The summed E-state index contributed by atoms with van der Waals surface area (Å²) in [5.74, 6) is -0.00396. The van der Waals surface area contributed by atoms with Gasteiger partial charge in [-0.15, -0.1) is 10.2 Å². The second kappa shape index (κ2) is 8.64. The molecule has 0 aliphatic heterocycles. The molecule has 2 heterocycles. The Morgan fingerprint density at radius 3 is 2.66 bits per heavy atom. The quantitative estimate of drug-likeness (QED) is 0.568. The van der Waals surface area contributed by atoms with Crippen LogP contribution in [0.2, 0.25) is 5.02 Å². The van der Waals surface area contributed by atoms with Gasteiger partial charge in [0.1, 0.15) is 6.54 Å². The first-order chi connectivity index (χ1) is 13.8. The van der Waals surface area contributed by atoms with Gasteiger partial charge in [-0.1, -0.05) is 30.7 Å². The standard InChI is InChI=1S/C18H17ClF3N5O2/c1-2-8-26(16(28)11-27-9-7-14(25-27)18(20,21)22)10-15-23-24-17(29-15)12-5-3-4-6-13(12)19/h3-7,9H,2,8,10-11H2,1H3. The van der Waals surface area contributed by atoms with Crippen molar-refractivity contribution >= 4 is 17.5 Å². The fourth-order valence-electron chi connectivity index (χ4n) is 2.63. The van der Waals surface area contributed by atoms with Gasteiger partial charge in [0, 0.05) is 12.7 Å². The average Bonchev–Trinajstić information content (AvgIpc) is 3.31. The first-order valence-electron chi connectivity index (χ1n) is 8.73. The van der Waals surface area contributed by atoms with Gasteiger partial charge < -0.3 is 9.32 Å². The molecular formula is C18H17ClF3N5O2. The molecule has 7 nitrogen and oxygen atoms in total. The van der Waals surface area contributed by atoms with Crippen molar-refractivity contribution < 1.29 is 22.4 Å². The predicted octanol–water partition coefficient (Wildman–Crippen LogP) is 4.04. The highest BCUT2D eigenvalue weighted by molar-refractivity contribution is 6.33. The zero-order valence-electron chi connectivity index (χ0n) is 15.4. The Morgan fingerprint density at radius 1 is 1.24 bits per heavy atom. The number of hydrogen-bond donors (Lipinski definition) is 0. The molecule has 3 aromatic rings. The van der Waals surface area contributed by atoms with Crippen LogP contribution in [0.3, 0.4) is 0 Å². The van der Waals surface area contributed by atoms with E-state index in [0.717, 1.165) is 16.9 Å². The van der Waals surface area contributed by atoms with E-state index in [-0.39, 0.29) is 24.9 Å². The lowest BCUT2D eigenvalue weighted by Gasteiger charge is -2.20. The van der Waals surface area contributed by atoms with Gasteiger partial charge in [-0.25, -0.2) is 0 Å². The summed E-state index contributed by atoms with van der Waals surface area (Å²) in [6, 6.07) is 7.78. The molecule has 0 radical (unpaired) electrons. The molecule has 0 bridgehead atoms. The van der Waals surface area contributed by atoms with Gasteiger partial charge in [-0.3, -0.25) is 9.48 Å². The number of rotatable bonds is 7. The first-order valence-corrected chi connectivity index (χ1v) is 9.11. The topological polar surface area (TPSA) is 77.0 Å². The van der Waals surface area contributed by atoms with Gasteiger partial charge in [-0.05, 0) is 24.6 Å². The number of halogens is 4. The van der Waals surface area contributed by atoms with E-state index in [1.165, 1.54) is 4.90 Å². The van der Waals surface area contributed by atoms with E-state index < -0.39 is 17.8 Å². The van der Waals surface area contributed by atoms with Crippen LogP contribution in [0.4, 0.5) is 13.2 Å². The van der Waals surface area contributed by atoms with Gasteiger partial charge in [0.05, 0.1) is 17.1 Å². The van der Waals surface area contributed by atoms with E-state index in [4.69, 9.17) is 16.0 Å². The van der Waals surface area contributed by atoms with Crippen LogP contribution in [0.15, 0.2) is 40.9 Å². The second-order valence-corrected chi connectivity index (χ2v) is 6.60. The zero-order valence-corrected chi connectivity index (χ0v) is 16.1. The Labute approximate surface area is 169 Å².